The lowest BCUT2D eigenvalue weighted by molar-refractivity contribution is -0.138. The van der Waals surface area contributed by atoms with Crippen LogP contribution in [0.4, 0.5) is 0 Å². The van der Waals surface area contributed by atoms with Crippen molar-refractivity contribution in [2.75, 3.05) is 18.9 Å². The Morgan fingerprint density at radius 1 is 1.52 bits per heavy atom. The quantitative estimate of drug-likeness (QED) is 0.626. The number of nitrogens with zero attached hydrogens (tertiary/aromatic N) is 1. The summed E-state index contributed by atoms with van der Waals surface area (Å²) in [6.07, 6.45) is 7.71. The SMILES string of the molecule is NCCCOC1=CCC=c2nc(C3NC(C(=O)O)CS3)sc2=C1. The van der Waals surface area contributed by atoms with E-state index in [1.165, 1.54) is 0 Å². The molecule has 0 radical (unpaired) electrons. The van der Waals surface area contributed by atoms with Gasteiger partial charge in [0.15, 0.2) is 0 Å². The fourth-order valence-electron chi connectivity index (χ4n) is 2.33. The molecule has 2 unspecified atom stereocenters. The van der Waals surface area contributed by atoms with Crippen LogP contribution in [-0.4, -0.2) is 41.0 Å². The highest BCUT2D eigenvalue weighted by atomic mass is 32.2. The van der Waals surface area contributed by atoms with Crippen LogP contribution in [0.25, 0.3) is 12.2 Å². The summed E-state index contributed by atoms with van der Waals surface area (Å²) in [5, 5.41) is 14.0. The molecule has 6 nitrogen and oxygen atoms in total. The maximum atomic E-state index is 11.0. The Labute approximate surface area is 142 Å². The molecule has 1 saturated heterocycles. The number of thiazole rings is 1. The number of thioether (sulfide) groups is 1. The Bertz CT molecular complexity index is 729. The second-order valence-corrected chi connectivity index (χ2v) is 7.45. The second kappa shape index (κ2) is 7.48. The summed E-state index contributed by atoms with van der Waals surface area (Å²) in [6, 6.07) is -0.503. The lowest BCUT2D eigenvalue weighted by atomic mass is 10.3. The highest BCUT2D eigenvalue weighted by Gasteiger charge is 2.31. The summed E-state index contributed by atoms with van der Waals surface area (Å²) < 4.78 is 6.78. The second-order valence-electron chi connectivity index (χ2n) is 5.25. The van der Waals surface area contributed by atoms with Crippen molar-refractivity contribution in [2.45, 2.75) is 24.3 Å². The van der Waals surface area contributed by atoms with Crippen molar-refractivity contribution < 1.29 is 14.6 Å². The lowest BCUT2D eigenvalue weighted by Gasteiger charge is -2.07. The number of fused-ring (bicyclic) bond motifs is 1. The van der Waals surface area contributed by atoms with Crippen LogP contribution in [0.2, 0.25) is 0 Å². The maximum absolute atomic E-state index is 11.0. The monoisotopic (exact) mass is 353 g/mol. The minimum atomic E-state index is -0.810. The Balaban J connectivity index is 1.77. The highest BCUT2D eigenvalue weighted by Crippen LogP contribution is 2.32. The molecule has 1 aromatic heterocycles. The van der Waals surface area contributed by atoms with Gasteiger partial charge >= 0.3 is 5.97 Å². The first-order valence-corrected chi connectivity index (χ1v) is 9.36. The van der Waals surface area contributed by atoms with E-state index in [2.05, 4.69) is 16.4 Å². The van der Waals surface area contributed by atoms with Crippen LogP contribution >= 0.6 is 23.1 Å². The van der Waals surface area contributed by atoms with E-state index in [1.807, 2.05) is 12.2 Å². The third kappa shape index (κ3) is 3.95. The third-order valence-electron chi connectivity index (χ3n) is 3.52. The third-order valence-corrected chi connectivity index (χ3v) is 5.97. The Kier molecular flexibility index (Phi) is 5.37. The minimum Gasteiger partial charge on any atom is -0.494 e. The van der Waals surface area contributed by atoms with Gasteiger partial charge in [-0.05, 0) is 31.5 Å². The Morgan fingerprint density at radius 2 is 2.39 bits per heavy atom. The average molecular weight is 353 g/mol. The van der Waals surface area contributed by atoms with Crippen molar-refractivity contribution >= 4 is 41.2 Å². The standard InChI is InChI=1S/C15H19N3O3S2/c16-5-2-6-21-9-3-1-4-10-12(7-9)23-14(17-10)13-18-11(8-22-13)15(19)20/h3-4,7,11,13,18H,1-2,5-6,8,16H2,(H,19,20). The molecule has 0 saturated carbocycles. The van der Waals surface area contributed by atoms with E-state index in [-0.39, 0.29) is 5.37 Å². The van der Waals surface area contributed by atoms with Gasteiger partial charge in [-0.2, -0.15) is 0 Å². The van der Waals surface area contributed by atoms with E-state index in [1.54, 1.807) is 23.1 Å². The largest absolute Gasteiger partial charge is 0.494 e. The first kappa shape index (κ1) is 16.5. The van der Waals surface area contributed by atoms with E-state index in [0.717, 1.165) is 33.5 Å². The van der Waals surface area contributed by atoms with E-state index in [9.17, 15) is 4.79 Å². The fourth-order valence-corrected chi connectivity index (χ4v) is 4.71. The Morgan fingerprint density at radius 3 is 3.13 bits per heavy atom. The van der Waals surface area contributed by atoms with Gasteiger partial charge in [-0.25, -0.2) is 4.98 Å². The topological polar surface area (TPSA) is 97.5 Å². The zero-order valence-corrected chi connectivity index (χ0v) is 14.2. The van der Waals surface area contributed by atoms with Gasteiger partial charge in [0.2, 0.25) is 0 Å². The number of carbonyl (C=O) groups is 1. The summed E-state index contributed by atoms with van der Waals surface area (Å²) >= 11 is 3.17. The van der Waals surface area contributed by atoms with Gasteiger partial charge in [-0.15, -0.1) is 23.1 Å². The van der Waals surface area contributed by atoms with E-state index in [0.29, 0.717) is 18.9 Å². The van der Waals surface area contributed by atoms with Crippen molar-refractivity contribution in [3.8, 4) is 0 Å². The van der Waals surface area contributed by atoms with Gasteiger partial charge in [0.25, 0.3) is 0 Å². The molecule has 1 aliphatic carbocycles. The number of hydrogen-bond donors (Lipinski definition) is 3. The number of nitrogens with two attached hydrogens (primary N) is 1. The minimum absolute atomic E-state index is 0.0552. The van der Waals surface area contributed by atoms with Gasteiger partial charge in [0.05, 0.1) is 16.5 Å². The summed E-state index contributed by atoms with van der Waals surface area (Å²) in [6.45, 7) is 1.23. The maximum Gasteiger partial charge on any atom is 0.321 e. The molecule has 2 heterocycles. The predicted octanol–water partition coefficient (Wildman–Crippen LogP) is 0.145. The molecule has 23 heavy (non-hydrogen) atoms. The van der Waals surface area contributed by atoms with Crippen LogP contribution < -0.4 is 20.9 Å². The van der Waals surface area contributed by atoms with Crippen LogP contribution in [0.5, 0.6) is 0 Å². The van der Waals surface area contributed by atoms with Gasteiger partial charge in [0, 0.05) is 5.75 Å². The number of nitrogens with one attached hydrogen (secondary N) is 1. The Hall–Kier alpha value is -1.35. The van der Waals surface area contributed by atoms with Gasteiger partial charge in [-0.1, -0.05) is 6.08 Å². The number of rotatable bonds is 6. The summed E-state index contributed by atoms with van der Waals surface area (Å²) in [4.78, 5) is 15.7. The van der Waals surface area contributed by atoms with E-state index < -0.39 is 12.0 Å². The first-order valence-electron chi connectivity index (χ1n) is 7.49. The van der Waals surface area contributed by atoms with Gasteiger partial charge in [0.1, 0.15) is 22.2 Å². The lowest BCUT2D eigenvalue weighted by Crippen LogP contribution is -2.33. The highest BCUT2D eigenvalue weighted by molar-refractivity contribution is 7.99. The summed E-state index contributed by atoms with van der Waals surface area (Å²) in [5.41, 5.74) is 5.48. The first-order chi connectivity index (χ1) is 11.2. The molecule has 1 aromatic rings. The molecular weight excluding hydrogens is 334 g/mol. The molecule has 1 aliphatic heterocycles. The van der Waals surface area contributed by atoms with Crippen molar-refractivity contribution in [1.29, 1.82) is 0 Å². The number of aromatic nitrogens is 1. The zero-order chi connectivity index (χ0) is 16.2. The molecule has 2 atom stereocenters. The zero-order valence-electron chi connectivity index (χ0n) is 12.5. The number of carboxylic acids is 1. The number of ether oxygens (including phenoxy) is 1. The fraction of sp³-hybridized carbons (Fsp3) is 0.467. The molecule has 2 aliphatic rings. The average Bonchev–Trinajstić information content (AvgIpc) is 3.11. The van der Waals surface area contributed by atoms with Crippen LogP contribution in [0.1, 0.15) is 23.2 Å². The number of hydrogen-bond acceptors (Lipinski definition) is 7. The molecule has 0 aromatic carbocycles. The van der Waals surface area contributed by atoms with Crippen LogP contribution in [0.15, 0.2) is 11.8 Å². The molecular formula is C15H19N3O3S2. The summed E-state index contributed by atoms with van der Waals surface area (Å²) in [5.74, 6) is 0.597. The normalized spacial score (nSPS) is 23.3. The van der Waals surface area contributed by atoms with Crippen molar-refractivity contribution in [2.24, 2.45) is 5.73 Å². The molecule has 0 bridgehead atoms. The molecule has 4 N–H and O–H groups in total. The van der Waals surface area contributed by atoms with E-state index >= 15 is 0 Å². The predicted molar refractivity (Wildman–Crippen MR) is 92.4 cm³/mol. The molecule has 1 fully saturated rings. The number of aliphatic carboxylic acids is 1. The van der Waals surface area contributed by atoms with Crippen molar-refractivity contribution in [3.05, 3.63) is 26.7 Å². The molecule has 3 rings (SSSR count). The molecule has 0 amide bonds. The molecule has 0 spiro atoms. The van der Waals surface area contributed by atoms with Crippen molar-refractivity contribution in [1.82, 2.24) is 10.3 Å². The van der Waals surface area contributed by atoms with Crippen LogP contribution in [-0.2, 0) is 9.53 Å². The van der Waals surface area contributed by atoms with E-state index in [4.69, 9.17) is 15.6 Å². The molecule has 8 heteroatoms. The summed E-state index contributed by atoms with van der Waals surface area (Å²) in [7, 11) is 0. The number of allylic oxidation sites excluding steroid dienone is 2. The van der Waals surface area contributed by atoms with Crippen LogP contribution in [0, 0.1) is 0 Å². The van der Waals surface area contributed by atoms with Crippen molar-refractivity contribution in [3.63, 3.8) is 0 Å². The smallest absolute Gasteiger partial charge is 0.321 e. The number of carboxylic acid groups (broad SMARTS) is 1. The van der Waals surface area contributed by atoms with Crippen LogP contribution in [0.3, 0.4) is 0 Å². The van der Waals surface area contributed by atoms with Gasteiger partial charge < -0.3 is 15.6 Å². The molecule has 124 valence electrons. The van der Waals surface area contributed by atoms with Gasteiger partial charge in [-0.3, -0.25) is 10.1 Å².